The molecule has 0 aromatic heterocycles. The Kier molecular flexibility index (Phi) is 3.21. The second-order valence-electron chi connectivity index (χ2n) is 4.15. The van der Waals surface area contributed by atoms with Gasteiger partial charge < -0.3 is 5.11 Å². The van der Waals surface area contributed by atoms with Gasteiger partial charge in [0.1, 0.15) is 0 Å². The van der Waals surface area contributed by atoms with Crippen LogP contribution >= 0.6 is 15.9 Å². The third-order valence-electron chi connectivity index (χ3n) is 2.81. The number of aliphatic carboxylic acids is 1. The molecule has 1 aliphatic rings. The monoisotopic (exact) mass is 311 g/mol. The van der Waals surface area contributed by atoms with Crippen LogP contribution in [-0.2, 0) is 4.79 Å². The highest BCUT2D eigenvalue weighted by Gasteiger charge is 2.37. The number of hydrogen-bond donors (Lipinski definition) is 1. The van der Waals surface area contributed by atoms with Crippen LogP contribution in [0.25, 0.3) is 0 Å². The first-order valence-electron chi connectivity index (χ1n) is 5.30. The van der Waals surface area contributed by atoms with Crippen molar-refractivity contribution in [3.8, 4) is 0 Å². The fourth-order valence-electron chi connectivity index (χ4n) is 1.78. The molecule has 1 aliphatic heterocycles. The van der Waals surface area contributed by atoms with E-state index >= 15 is 0 Å². The number of hydrogen-bond acceptors (Lipinski definition) is 3. The van der Waals surface area contributed by atoms with Crippen LogP contribution < -0.4 is 0 Å². The summed E-state index contributed by atoms with van der Waals surface area (Å²) in [6, 6.07) is 4.81. The Balaban J connectivity index is 2.31. The zero-order valence-corrected chi connectivity index (χ0v) is 11.1. The van der Waals surface area contributed by atoms with E-state index in [1.807, 2.05) is 0 Å². The van der Waals surface area contributed by atoms with Gasteiger partial charge in [-0.05, 0) is 18.2 Å². The van der Waals surface area contributed by atoms with Crippen LogP contribution in [0.4, 0.5) is 0 Å². The number of carbonyl (C=O) groups excluding carboxylic acids is 2. The third-order valence-corrected chi connectivity index (χ3v) is 3.30. The van der Waals surface area contributed by atoms with Gasteiger partial charge in [0, 0.05) is 11.0 Å². The first kappa shape index (κ1) is 12.8. The largest absolute Gasteiger partial charge is 0.481 e. The highest BCUT2D eigenvalue weighted by atomic mass is 79.9. The SMILES string of the molecule is CC(CN1C(=O)c2ccc(Br)cc2C1=O)C(=O)O. The maximum Gasteiger partial charge on any atom is 0.308 e. The average molecular weight is 312 g/mol. The molecule has 94 valence electrons. The molecule has 1 heterocycles. The molecule has 0 fully saturated rings. The van der Waals surface area contributed by atoms with Crippen LogP contribution in [-0.4, -0.2) is 34.3 Å². The van der Waals surface area contributed by atoms with Gasteiger partial charge in [-0.1, -0.05) is 22.9 Å². The fourth-order valence-corrected chi connectivity index (χ4v) is 2.14. The van der Waals surface area contributed by atoms with Crippen LogP contribution in [0.1, 0.15) is 27.6 Å². The first-order chi connectivity index (χ1) is 8.41. The number of carboxylic acid groups (broad SMARTS) is 1. The minimum Gasteiger partial charge on any atom is -0.481 e. The Labute approximate surface area is 112 Å². The van der Waals surface area contributed by atoms with Crippen molar-refractivity contribution in [1.82, 2.24) is 4.90 Å². The van der Waals surface area contributed by atoms with Crippen molar-refractivity contribution >= 4 is 33.7 Å². The van der Waals surface area contributed by atoms with Crippen LogP contribution in [0.5, 0.6) is 0 Å². The van der Waals surface area contributed by atoms with E-state index in [9.17, 15) is 14.4 Å². The van der Waals surface area contributed by atoms with Crippen LogP contribution in [0.2, 0.25) is 0 Å². The van der Waals surface area contributed by atoms with E-state index in [-0.39, 0.29) is 6.54 Å². The van der Waals surface area contributed by atoms with E-state index < -0.39 is 23.7 Å². The van der Waals surface area contributed by atoms with E-state index in [1.54, 1.807) is 18.2 Å². The summed E-state index contributed by atoms with van der Waals surface area (Å²) in [6.45, 7) is 1.35. The highest BCUT2D eigenvalue weighted by Crippen LogP contribution is 2.26. The minimum absolute atomic E-state index is 0.112. The molecule has 1 aromatic rings. The smallest absolute Gasteiger partial charge is 0.308 e. The molecule has 0 spiro atoms. The highest BCUT2D eigenvalue weighted by molar-refractivity contribution is 9.10. The lowest BCUT2D eigenvalue weighted by atomic mass is 10.1. The molecular weight excluding hydrogens is 302 g/mol. The summed E-state index contributed by atoms with van der Waals surface area (Å²) < 4.78 is 0.704. The van der Waals surface area contributed by atoms with Gasteiger partial charge in [0.05, 0.1) is 17.0 Å². The van der Waals surface area contributed by atoms with Gasteiger partial charge in [0.25, 0.3) is 11.8 Å². The van der Waals surface area contributed by atoms with Gasteiger partial charge >= 0.3 is 5.97 Å². The summed E-state index contributed by atoms with van der Waals surface area (Å²) in [4.78, 5) is 35.7. The number of fused-ring (bicyclic) bond motifs is 1. The molecule has 0 radical (unpaired) electrons. The Morgan fingerprint density at radius 1 is 1.33 bits per heavy atom. The fraction of sp³-hybridized carbons (Fsp3) is 0.250. The molecule has 0 saturated heterocycles. The van der Waals surface area contributed by atoms with E-state index in [2.05, 4.69) is 15.9 Å². The zero-order valence-electron chi connectivity index (χ0n) is 9.51. The van der Waals surface area contributed by atoms with Crippen molar-refractivity contribution in [2.24, 2.45) is 5.92 Å². The van der Waals surface area contributed by atoms with Gasteiger partial charge in [-0.2, -0.15) is 0 Å². The Morgan fingerprint density at radius 2 is 1.94 bits per heavy atom. The van der Waals surface area contributed by atoms with E-state index in [4.69, 9.17) is 5.11 Å². The topological polar surface area (TPSA) is 74.7 Å². The second kappa shape index (κ2) is 4.53. The predicted octanol–water partition coefficient (Wildman–Crippen LogP) is 1.77. The lowest BCUT2D eigenvalue weighted by Gasteiger charge is -2.16. The first-order valence-corrected chi connectivity index (χ1v) is 6.09. The average Bonchev–Trinajstić information content (AvgIpc) is 2.54. The molecule has 6 heteroatoms. The van der Waals surface area contributed by atoms with Crippen LogP contribution in [0.15, 0.2) is 22.7 Å². The summed E-state index contributed by atoms with van der Waals surface area (Å²) in [6.07, 6.45) is 0. The maximum atomic E-state index is 12.0. The zero-order chi connectivity index (χ0) is 13.4. The van der Waals surface area contributed by atoms with Crippen molar-refractivity contribution in [1.29, 1.82) is 0 Å². The number of halogens is 1. The molecule has 1 unspecified atom stereocenters. The number of imide groups is 1. The third kappa shape index (κ3) is 2.03. The summed E-state index contributed by atoms with van der Waals surface area (Å²) in [7, 11) is 0. The standard InChI is InChI=1S/C12H10BrNO4/c1-6(12(17)18)5-14-10(15)8-3-2-7(13)4-9(8)11(14)16/h2-4,6H,5H2,1H3,(H,17,18). The van der Waals surface area contributed by atoms with Gasteiger partial charge in [0.2, 0.25) is 0 Å². The van der Waals surface area contributed by atoms with Gasteiger partial charge in [-0.25, -0.2) is 0 Å². The molecule has 18 heavy (non-hydrogen) atoms. The predicted molar refractivity (Wildman–Crippen MR) is 66.3 cm³/mol. The quantitative estimate of drug-likeness (QED) is 0.863. The van der Waals surface area contributed by atoms with E-state index in [0.29, 0.717) is 15.6 Å². The molecule has 1 atom stereocenters. The Morgan fingerprint density at radius 3 is 2.56 bits per heavy atom. The Hall–Kier alpha value is -1.69. The molecule has 0 aliphatic carbocycles. The summed E-state index contributed by atoms with van der Waals surface area (Å²) in [5.74, 6) is -2.69. The molecular formula is C12H10BrNO4. The lowest BCUT2D eigenvalue weighted by Crippen LogP contribution is -2.36. The summed E-state index contributed by atoms with van der Waals surface area (Å²) in [5.41, 5.74) is 0.632. The number of rotatable bonds is 3. The lowest BCUT2D eigenvalue weighted by molar-refractivity contribution is -0.141. The number of carboxylic acids is 1. The second-order valence-corrected chi connectivity index (χ2v) is 5.07. The molecule has 0 bridgehead atoms. The van der Waals surface area contributed by atoms with E-state index in [1.165, 1.54) is 6.92 Å². The number of amides is 2. The molecule has 1 aromatic carbocycles. The summed E-state index contributed by atoms with van der Waals surface area (Å²) >= 11 is 3.23. The minimum atomic E-state index is -1.03. The van der Waals surface area contributed by atoms with Crippen molar-refractivity contribution in [3.05, 3.63) is 33.8 Å². The number of nitrogens with zero attached hydrogens (tertiary/aromatic N) is 1. The van der Waals surface area contributed by atoms with Gasteiger partial charge in [0.15, 0.2) is 0 Å². The maximum absolute atomic E-state index is 12.0. The molecule has 0 saturated carbocycles. The molecule has 1 N–H and O–H groups in total. The van der Waals surface area contributed by atoms with Crippen molar-refractivity contribution in [2.45, 2.75) is 6.92 Å². The molecule has 5 nitrogen and oxygen atoms in total. The molecule has 2 amide bonds. The number of benzene rings is 1. The van der Waals surface area contributed by atoms with E-state index in [0.717, 1.165) is 4.90 Å². The van der Waals surface area contributed by atoms with Crippen molar-refractivity contribution in [3.63, 3.8) is 0 Å². The molecule has 2 rings (SSSR count). The van der Waals surface area contributed by atoms with Crippen LogP contribution in [0.3, 0.4) is 0 Å². The van der Waals surface area contributed by atoms with Crippen molar-refractivity contribution < 1.29 is 19.5 Å². The summed E-state index contributed by atoms with van der Waals surface area (Å²) in [5, 5.41) is 8.82. The van der Waals surface area contributed by atoms with Gasteiger partial charge in [-0.3, -0.25) is 19.3 Å². The van der Waals surface area contributed by atoms with Crippen LogP contribution in [0, 0.1) is 5.92 Å². The Bertz CT molecular complexity index is 555. The normalized spacial score (nSPS) is 15.8. The van der Waals surface area contributed by atoms with Gasteiger partial charge in [-0.15, -0.1) is 0 Å². The van der Waals surface area contributed by atoms with Crippen molar-refractivity contribution in [2.75, 3.05) is 6.54 Å². The number of carbonyl (C=O) groups is 3.